The lowest BCUT2D eigenvalue weighted by Gasteiger charge is -2.22. The summed E-state index contributed by atoms with van der Waals surface area (Å²) in [5, 5.41) is 23.9. The number of hydrogen-bond donors (Lipinski definition) is 7. The number of aromatic nitrogens is 2. The molecular formula is C42H54N8O7. The molecule has 57 heavy (non-hydrogen) atoms. The van der Waals surface area contributed by atoms with Gasteiger partial charge in [-0.05, 0) is 75.7 Å². The molecule has 1 amide bonds. The first-order valence-electron chi connectivity index (χ1n) is 19.8. The molecular weight excluding hydrogens is 729 g/mol. The third-order valence-electron chi connectivity index (χ3n) is 12.4. The molecule has 2 aromatic heterocycles. The van der Waals surface area contributed by atoms with E-state index >= 15 is 0 Å². The minimum atomic E-state index is -1.27. The largest absolute Gasteiger partial charge is 0.480 e. The third-order valence-corrected chi connectivity index (χ3v) is 12.4. The number of methoxy groups -OCH3 is 1. The Morgan fingerprint density at radius 2 is 1.79 bits per heavy atom. The summed E-state index contributed by atoms with van der Waals surface area (Å²) in [5.41, 5.74) is 11.6. The van der Waals surface area contributed by atoms with Crippen LogP contribution in [0.3, 0.4) is 0 Å². The molecule has 15 nitrogen and oxygen atoms in total. The molecule has 15 heteroatoms. The van der Waals surface area contributed by atoms with Crippen molar-refractivity contribution in [3.05, 3.63) is 50.0 Å². The molecule has 2 unspecified atom stereocenters. The zero-order chi connectivity index (χ0) is 41.5. The lowest BCUT2D eigenvalue weighted by Crippen LogP contribution is -2.41. The Kier molecular flexibility index (Phi) is 11.9. The number of rotatable bonds is 13. The molecule has 7 atom stereocenters. The number of carbonyl (C=O) groups is 5. The van der Waals surface area contributed by atoms with Crippen molar-refractivity contribution >= 4 is 64.5 Å². The number of fused-ring (bicyclic) bond motifs is 5. The van der Waals surface area contributed by atoms with Gasteiger partial charge in [0.15, 0.2) is 17.5 Å². The van der Waals surface area contributed by atoms with Crippen molar-refractivity contribution in [3.8, 4) is 0 Å². The Balaban J connectivity index is 1.46. The average Bonchev–Trinajstić information content (AvgIpc) is 3.90. The van der Waals surface area contributed by atoms with Crippen LogP contribution in [0.5, 0.6) is 0 Å². The van der Waals surface area contributed by atoms with E-state index in [0.29, 0.717) is 70.3 Å². The van der Waals surface area contributed by atoms with E-state index in [1.54, 1.807) is 6.92 Å². The van der Waals surface area contributed by atoms with E-state index in [4.69, 9.17) is 25.9 Å². The van der Waals surface area contributed by atoms with Crippen LogP contribution in [0.2, 0.25) is 0 Å². The van der Waals surface area contributed by atoms with E-state index in [1.165, 1.54) is 7.11 Å². The number of aliphatic imine (C=N–C) groups is 2. The topological polar surface area (TPSA) is 245 Å². The maximum Gasteiger partial charge on any atom is 0.326 e. The number of Topliss-reactive ketones (excluding diaryl/α,β-unsaturated/α-hetero) is 2. The van der Waals surface area contributed by atoms with Crippen LogP contribution < -0.4 is 27.1 Å². The summed E-state index contributed by atoms with van der Waals surface area (Å²) in [5.74, 6) is -4.64. The van der Waals surface area contributed by atoms with Crippen molar-refractivity contribution in [1.29, 1.82) is 5.41 Å². The molecule has 0 saturated heterocycles. The number of aliphatic carboxylic acids is 1. The molecule has 0 saturated carbocycles. The predicted octanol–water partition coefficient (Wildman–Crippen LogP) is 2.87. The fraction of sp³-hybridized carbons (Fsp3) is 0.524. The minimum Gasteiger partial charge on any atom is -0.480 e. The molecule has 0 aromatic carbocycles. The zero-order valence-electron chi connectivity index (χ0n) is 33.7. The Bertz CT molecular complexity index is 2260. The molecule has 8 bridgehead atoms. The second-order valence-corrected chi connectivity index (χ2v) is 15.8. The van der Waals surface area contributed by atoms with Gasteiger partial charge in [0, 0.05) is 76.3 Å². The van der Waals surface area contributed by atoms with Crippen LogP contribution in [0.1, 0.15) is 109 Å². The van der Waals surface area contributed by atoms with Crippen LogP contribution in [-0.4, -0.2) is 87.6 Å². The second kappa shape index (κ2) is 16.5. The van der Waals surface area contributed by atoms with E-state index in [2.05, 4.69) is 34.4 Å². The first kappa shape index (κ1) is 41.0. The number of esters is 1. The quantitative estimate of drug-likeness (QED) is 0.0394. The van der Waals surface area contributed by atoms with Gasteiger partial charge in [-0.25, -0.2) is 4.79 Å². The third kappa shape index (κ3) is 7.75. The fourth-order valence-corrected chi connectivity index (χ4v) is 9.28. The maximum absolute atomic E-state index is 14.3. The van der Waals surface area contributed by atoms with E-state index in [0.717, 1.165) is 29.0 Å². The summed E-state index contributed by atoms with van der Waals surface area (Å²) < 4.78 is 5.22. The number of nitrogens with one attached hydrogen (secondary N) is 5. The number of carboxylic acids is 1. The van der Waals surface area contributed by atoms with Crippen molar-refractivity contribution in [2.24, 2.45) is 45.3 Å². The van der Waals surface area contributed by atoms with E-state index in [1.807, 2.05) is 32.9 Å². The Hall–Kier alpha value is -5.60. The van der Waals surface area contributed by atoms with Crippen LogP contribution >= 0.6 is 0 Å². The number of H-pyrrole nitrogens is 2. The van der Waals surface area contributed by atoms with Crippen molar-refractivity contribution < 1.29 is 33.8 Å². The summed E-state index contributed by atoms with van der Waals surface area (Å²) in [6, 6.07) is -1.20. The van der Waals surface area contributed by atoms with Crippen molar-refractivity contribution in [3.63, 3.8) is 0 Å². The number of aromatic amines is 2. The fourth-order valence-electron chi connectivity index (χ4n) is 9.28. The van der Waals surface area contributed by atoms with Crippen LogP contribution in [-0.2, 0) is 25.5 Å². The first-order chi connectivity index (χ1) is 27.1. The van der Waals surface area contributed by atoms with Crippen molar-refractivity contribution in [2.45, 2.75) is 98.6 Å². The SMILES string of the molecule is CC[C@H]1C2Cc3[nH]c4c(c3C)C(=O)C(C(=O)OC)/C4=C3N=C(/C=c4\[nH]/c(c(C(C)=O)c4C)=C\C(=N2)[C@@H]1C)[C@@H](C)[C@@H]/3CCC(=O)N[C@@H](CCCCNC(=N)N)C(=O)O. The lowest BCUT2D eigenvalue weighted by atomic mass is 9.83. The molecule has 0 fully saturated rings. The normalized spacial score (nSPS) is 26.4. The monoisotopic (exact) mass is 782 g/mol. The highest BCUT2D eigenvalue weighted by atomic mass is 16.5. The number of ether oxygens (including phenoxy) is 1. The first-order valence-corrected chi connectivity index (χ1v) is 19.8. The van der Waals surface area contributed by atoms with Gasteiger partial charge >= 0.3 is 11.9 Å². The highest BCUT2D eigenvalue weighted by molar-refractivity contribution is 6.25. The van der Waals surface area contributed by atoms with Gasteiger partial charge in [-0.3, -0.25) is 34.6 Å². The number of amides is 1. The van der Waals surface area contributed by atoms with Crippen LogP contribution in [0.4, 0.5) is 0 Å². The molecule has 0 spiro atoms. The van der Waals surface area contributed by atoms with Gasteiger partial charge in [0.2, 0.25) is 5.91 Å². The number of guanidine groups is 1. The zero-order valence-corrected chi connectivity index (χ0v) is 33.7. The smallest absolute Gasteiger partial charge is 0.326 e. The van der Waals surface area contributed by atoms with Gasteiger partial charge in [-0.2, -0.15) is 0 Å². The Morgan fingerprint density at radius 1 is 1.07 bits per heavy atom. The standard InChI is InChI=1S/C42H54N8O7/c1-8-23-18(2)26-17-31-33(22(6)51)20(4)28(47-31)15-27-19(3)24(12-13-32(52)48-25(40(54)55)11-9-10-14-45-42(43)44)37(49-27)35-36(41(56)57-7)39(53)34-21(5)29(50-38(34)35)16-30(23)46-26/h15,17-19,23-25,30,36,47,50H,8-14,16H2,1-7H3,(H,48,52)(H,54,55)(H4,43,44,45)/b28-15-,31-17-,37-35-/t18-,19+,23-,24+,25+,30?,36?/m1/s1. The number of carbonyl (C=O) groups excluding carboxylic acids is 4. The highest BCUT2D eigenvalue weighted by Crippen LogP contribution is 2.48. The molecule has 5 heterocycles. The summed E-state index contributed by atoms with van der Waals surface area (Å²) in [4.78, 5) is 83.9. The summed E-state index contributed by atoms with van der Waals surface area (Å²) in [6.45, 7) is 12.0. The van der Waals surface area contributed by atoms with Crippen molar-refractivity contribution in [1.82, 2.24) is 20.6 Å². The predicted molar refractivity (Wildman–Crippen MR) is 217 cm³/mol. The van der Waals surface area contributed by atoms with Gasteiger partial charge in [0.1, 0.15) is 12.0 Å². The number of allylic oxidation sites excluding steroid dienone is 1. The van der Waals surface area contributed by atoms with Crippen molar-refractivity contribution in [2.75, 3.05) is 13.7 Å². The number of nitrogens with zero attached hydrogens (tertiary/aromatic N) is 2. The molecule has 8 N–H and O–H groups in total. The van der Waals surface area contributed by atoms with Gasteiger partial charge < -0.3 is 36.2 Å². The molecule has 3 aliphatic heterocycles. The number of ketones is 2. The number of unbranched alkanes of at least 4 members (excludes halogenated alkanes) is 1. The minimum absolute atomic E-state index is 0.0452. The van der Waals surface area contributed by atoms with Crippen LogP contribution in [0.25, 0.3) is 17.7 Å². The Labute approximate surface area is 331 Å². The summed E-state index contributed by atoms with van der Waals surface area (Å²) >= 11 is 0. The van der Waals surface area contributed by atoms with E-state index in [9.17, 15) is 29.1 Å². The molecule has 1 aliphatic carbocycles. The number of carboxylic acid groups (broad SMARTS) is 1. The van der Waals surface area contributed by atoms with E-state index in [-0.39, 0.29) is 60.6 Å². The molecule has 6 rings (SSSR count). The van der Waals surface area contributed by atoms with Crippen LogP contribution in [0, 0.1) is 48.8 Å². The van der Waals surface area contributed by atoms with Gasteiger partial charge in [0.05, 0.1) is 29.9 Å². The Morgan fingerprint density at radius 3 is 2.44 bits per heavy atom. The number of nitrogens with two attached hydrogens (primary N) is 1. The maximum atomic E-state index is 14.3. The molecule has 2 aromatic rings. The molecule has 304 valence electrons. The number of hydrogen-bond acceptors (Lipinski definition) is 9. The van der Waals surface area contributed by atoms with Gasteiger partial charge in [-0.15, -0.1) is 0 Å². The molecule has 4 aliphatic rings. The van der Waals surface area contributed by atoms with Gasteiger partial charge in [-0.1, -0.05) is 27.2 Å². The highest BCUT2D eigenvalue weighted by Gasteiger charge is 2.49. The van der Waals surface area contributed by atoms with Gasteiger partial charge in [0.25, 0.3) is 0 Å². The lowest BCUT2D eigenvalue weighted by molar-refractivity contribution is -0.142. The van der Waals surface area contributed by atoms with E-state index < -0.39 is 35.7 Å². The molecule has 0 radical (unpaired) electrons. The van der Waals surface area contributed by atoms with Crippen LogP contribution in [0.15, 0.2) is 15.7 Å². The second-order valence-electron chi connectivity index (χ2n) is 15.8. The summed E-state index contributed by atoms with van der Waals surface area (Å²) in [7, 11) is 1.25. The summed E-state index contributed by atoms with van der Waals surface area (Å²) in [6.07, 6.45) is 6.74. The average molecular weight is 783 g/mol.